The second kappa shape index (κ2) is 10.7. The lowest BCUT2D eigenvalue weighted by molar-refractivity contribution is -0.146. The monoisotopic (exact) mass is 531 g/mol. The molecule has 5 rings (SSSR count). The van der Waals surface area contributed by atoms with Gasteiger partial charge in [0.15, 0.2) is 5.96 Å². The summed E-state index contributed by atoms with van der Waals surface area (Å²) in [5.74, 6) is -0.394. The smallest absolute Gasteiger partial charge is 0.306 e. The Morgan fingerprint density at radius 3 is 2.74 bits per heavy atom. The third-order valence-corrected chi connectivity index (χ3v) is 8.10. The van der Waals surface area contributed by atoms with Crippen LogP contribution in [0.5, 0.6) is 0 Å². The summed E-state index contributed by atoms with van der Waals surface area (Å²) >= 11 is 0. The van der Waals surface area contributed by atoms with E-state index in [2.05, 4.69) is 37.3 Å². The number of carboxylic acid groups (broad SMARTS) is 1. The van der Waals surface area contributed by atoms with Gasteiger partial charge in [-0.15, -0.1) is 0 Å². The molecule has 12 heteroatoms. The maximum atomic E-state index is 13.5. The van der Waals surface area contributed by atoms with Crippen molar-refractivity contribution in [2.24, 2.45) is 40.1 Å². The number of aliphatic imine (C=N–C) groups is 1. The maximum Gasteiger partial charge on any atom is 0.306 e. The number of hydrogen-bond acceptors (Lipinski definition) is 7. The largest absolute Gasteiger partial charge is 0.481 e. The van der Waals surface area contributed by atoms with E-state index in [9.17, 15) is 14.7 Å². The van der Waals surface area contributed by atoms with Gasteiger partial charge in [-0.2, -0.15) is 14.6 Å². The third-order valence-electron chi connectivity index (χ3n) is 8.10. The summed E-state index contributed by atoms with van der Waals surface area (Å²) in [7, 11) is 0. The molecule has 2 aromatic heterocycles. The normalized spacial score (nSPS) is 24.1. The highest BCUT2D eigenvalue weighted by molar-refractivity contribution is 5.94. The van der Waals surface area contributed by atoms with Gasteiger partial charge in [-0.3, -0.25) is 9.59 Å². The molecular formula is C27H33N9O3. The van der Waals surface area contributed by atoms with Crippen molar-refractivity contribution in [3.63, 3.8) is 0 Å². The van der Waals surface area contributed by atoms with Gasteiger partial charge in [-0.25, -0.2) is 9.98 Å². The van der Waals surface area contributed by atoms with E-state index in [0.717, 1.165) is 24.8 Å². The van der Waals surface area contributed by atoms with E-state index in [0.29, 0.717) is 41.7 Å². The third kappa shape index (κ3) is 5.40. The van der Waals surface area contributed by atoms with Crippen molar-refractivity contribution in [3.05, 3.63) is 60.2 Å². The molecule has 39 heavy (non-hydrogen) atoms. The Balaban J connectivity index is 1.30. The molecule has 2 aliphatic carbocycles. The van der Waals surface area contributed by atoms with Crippen molar-refractivity contribution in [3.8, 4) is 0 Å². The van der Waals surface area contributed by atoms with Gasteiger partial charge >= 0.3 is 5.97 Å². The predicted octanol–water partition coefficient (Wildman–Crippen LogP) is 2.04. The molecule has 0 radical (unpaired) electrons. The van der Waals surface area contributed by atoms with Crippen molar-refractivity contribution in [1.82, 2.24) is 30.2 Å². The van der Waals surface area contributed by atoms with Crippen LogP contribution in [0, 0.1) is 23.7 Å². The molecule has 0 bridgehead atoms. The lowest BCUT2D eigenvalue weighted by Gasteiger charge is -2.38. The molecule has 0 aliphatic heterocycles. The zero-order valence-corrected chi connectivity index (χ0v) is 21.7. The van der Waals surface area contributed by atoms with E-state index in [1.807, 2.05) is 25.1 Å². The quantitative estimate of drug-likeness (QED) is 0.214. The number of benzene rings is 1. The molecule has 2 saturated carbocycles. The highest BCUT2D eigenvalue weighted by Gasteiger charge is 2.46. The van der Waals surface area contributed by atoms with Crippen LogP contribution in [0.25, 0.3) is 11.5 Å². The van der Waals surface area contributed by atoms with Crippen molar-refractivity contribution in [1.29, 1.82) is 0 Å². The number of nitrogens with two attached hydrogens (primary N) is 2. The molecule has 12 nitrogen and oxygen atoms in total. The van der Waals surface area contributed by atoms with Gasteiger partial charge in [0.25, 0.3) is 11.7 Å². The van der Waals surface area contributed by atoms with Crippen molar-refractivity contribution >= 4 is 35.0 Å². The number of guanidine groups is 1. The first-order valence-electron chi connectivity index (χ1n) is 13.1. The second-order valence-corrected chi connectivity index (χ2v) is 10.4. The van der Waals surface area contributed by atoms with E-state index in [1.54, 1.807) is 12.1 Å². The van der Waals surface area contributed by atoms with Gasteiger partial charge in [0.2, 0.25) is 0 Å². The van der Waals surface area contributed by atoms with Gasteiger partial charge in [0.05, 0.1) is 23.0 Å². The van der Waals surface area contributed by atoms with E-state index >= 15 is 0 Å². The number of fused-ring (bicyclic) bond motifs is 2. The predicted molar refractivity (Wildman–Crippen MR) is 146 cm³/mol. The zero-order chi connectivity index (χ0) is 27.7. The van der Waals surface area contributed by atoms with Crippen LogP contribution in [0.1, 0.15) is 54.4 Å². The molecule has 1 aromatic carbocycles. The number of rotatable bonds is 8. The van der Waals surface area contributed by atoms with E-state index in [1.165, 1.54) is 10.8 Å². The highest BCUT2D eigenvalue weighted by atomic mass is 16.4. The molecule has 2 heterocycles. The fourth-order valence-corrected chi connectivity index (χ4v) is 6.18. The van der Waals surface area contributed by atoms with Gasteiger partial charge in [0.1, 0.15) is 12.0 Å². The first kappa shape index (κ1) is 26.1. The van der Waals surface area contributed by atoms with Gasteiger partial charge in [0, 0.05) is 12.6 Å². The first-order valence-corrected chi connectivity index (χ1v) is 13.1. The molecule has 2 fully saturated rings. The number of hydrogen-bond donors (Lipinski definition) is 5. The summed E-state index contributed by atoms with van der Waals surface area (Å²) in [6.45, 7) is 6.58. The average molecular weight is 532 g/mol. The maximum absolute atomic E-state index is 13.5. The van der Waals surface area contributed by atoms with E-state index in [4.69, 9.17) is 11.5 Å². The van der Waals surface area contributed by atoms with Crippen LogP contribution in [-0.2, 0) is 11.3 Å². The molecule has 204 valence electrons. The number of carbonyl (C=O) groups is 2. The minimum atomic E-state index is -0.721. The number of nitrogens with one attached hydrogen (secondary N) is 2. The lowest BCUT2D eigenvalue weighted by atomic mass is 9.68. The Bertz CT molecular complexity index is 1450. The number of nitrogens with zero attached hydrogens (tertiary/aromatic N) is 5. The van der Waals surface area contributed by atoms with Crippen molar-refractivity contribution < 1.29 is 14.7 Å². The number of carbonyl (C=O) groups excluding carboxylic acids is 1. The molecule has 3 aromatic rings. The molecule has 0 spiro atoms. The van der Waals surface area contributed by atoms with E-state index < -0.39 is 5.97 Å². The van der Waals surface area contributed by atoms with Gasteiger partial charge in [-0.1, -0.05) is 25.6 Å². The number of aromatic nitrogens is 4. The Morgan fingerprint density at radius 2 is 1.97 bits per heavy atom. The minimum absolute atomic E-state index is 0.0169. The molecule has 3 unspecified atom stereocenters. The highest BCUT2D eigenvalue weighted by Crippen LogP contribution is 2.48. The summed E-state index contributed by atoms with van der Waals surface area (Å²) in [6.07, 6.45) is 4.52. The molecule has 7 N–H and O–H groups in total. The first-order chi connectivity index (χ1) is 18.7. The number of carboxylic acids is 1. The molecular weight excluding hydrogens is 498 g/mol. The topological polar surface area (TPSA) is 186 Å². The number of aliphatic carboxylic acids is 1. The van der Waals surface area contributed by atoms with Gasteiger partial charge < -0.3 is 27.2 Å². The Labute approximate surface area is 225 Å². The summed E-state index contributed by atoms with van der Waals surface area (Å²) < 4.78 is 1.42. The molecule has 1 amide bonds. The van der Waals surface area contributed by atoms with Crippen molar-refractivity contribution in [2.75, 3.05) is 0 Å². The van der Waals surface area contributed by atoms with Crippen LogP contribution in [0.3, 0.4) is 0 Å². The summed E-state index contributed by atoms with van der Waals surface area (Å²) in [4.78, 5) is 37.9. The summed E-state index contributed by atoms with van der Waals surface area (Å²) in [5, 5.41) is 20.2. The average Bonchev–Trinajstić information content (AvgIpc) is 3.54. The SMILES string of the molecule is C=C(NCc1cccc(N=C(N)N)c1)c1cc(C(=O)N[C@H]2CCC3C2CC[C@H](C(=O)O)C3C)n2ncnc2n1. The molecule has 5 atom stereocenters. The second-order valence-electron chi connectivity index (χ2n) is 10.4. The summed E-state index contributed by atoms with van der Waals surface area (Å²) in [6, 6.07) is 9.07. The van der Waals surface area contributed by atoms with E-state index in [-0.39, 0.29) is 41.4 Å². The Kier molecular flexibility index (Phi) is 7.18. The Hall–Kier alpha value is -4.48. The van der Waals surface area contributed by atoms with Crippen molar-refractivity contribution in [2.45, 2.75) is 45.2 Å². The fraction of sp³-hybridized carbons (Fsp3) is 0.407. The van der Waals surface area contributed by atoms with Crippen LogP contribution >= 0.6 is 0 Å². The van der Waals surface area contributed by atoms with Crippen LogP contribution in [0.2, 0.25) is 0 Å². The minimum Gasteiger partial charge on any atom is -0.481 e. The summed E-state index contributed by atoms with van der Waals surface area (Å²) in [5.41, 5.74) is 13.8. The fourth-order valence-electron chi connectivity index (χ4n) is 6.18. The van der Waals surface area contributed by atoms with Crippen LogP contribution < -0.4 is 22.1 Å². The van der Waals surface area contributed by atoms with Crippen LogP contribution in [0.4, 0.5) is 5.69 Å². The molecule has 2 aliphatic rings. The molecule has 0 saturated heterocycles. The lowest BCUT2D eigenvalue weighted by Crippen LogP contribution is -2.43. The standard InChI is InChI=1S/C27H33N9O3/c1-14-18-8-9-21(20(18)7-6-19(14)25(38)39)34-24(37)23-11-22(35-27-31-13-32-36(23)27)15(2)30-12-16-4-3-5-17(10-16)33-26(28)29/h3-5,10-11,13-14,18-21,30H,2,6-9,12H2,1H3,(H,34,37)(H,38,39)(H4,28,29,33)/t14?,18?,19-,20?,21-/m0/s1. The number of amides is 1. The van der Waals surface area contributed by atoms with Gasteiger partial charge in [-0.05, 0) is 67.2 Å². The van der Waals surface area contributed by atoms with Crippen LogP contribution in [-0.4, -0.2) is 48.6 Å². The van der Waals surface area contributed by atoms with Crippen LogP contribution in [0.15, 0.2) is 48.2 Å². The zero-order valence-electron chi connectivity index (χ0n) is 21.7. The Morgan fingerprint density at radius 1 is 1.18 bits per heavy atom.